The zero-order valence-corrected chi connectivity index (χ0v) is 11.1. The molecule has 0 aliphatic rings. The average Bonchev–Trinajstić information content (AvgIpc) is 2.19. The van der Waals surface area contributed by atoms with Gasteiger partial charge in [-0.3, -0.25) is 4.79 Å². The molecule has 3 nitrogen and oxygen atoms in total. The summed E-state index contributed by atoms with van der Waals surface area (Å²) in [5, 5.41) is 0. The number of hydrogen-bond acceptors (Lipinski definition) is 2. The number of nitrogens with two attached hydrogens (primary N) is 2. The van der Waals surface area contributed by atoms with Gasteiger partial charge < -0.3 is 11.5 Å². The zero-order chi connectivity index (χ0) is 13.2. The van der Waals surface area contributed by atoms with Crippen molar-refractivity contribution in [3.8, 4) is 0 Å². The maximum absolute atomic E-state index is 11.0. The molecular weight excluding hydrogens is 212 g/mol. The molecule has 4 N–H and O–H groups in total. The van der Waals surface area contributed by atoms with Gasteiger partial charge in [0, 0.05) is 0 Å². The third-order valence-corrected chi connectivity index (χ3v) is 3.02. The van der Waals surface area contributed by atoms with E-state index in [2.05, 4.69) is 39.0 Å². The van der Waals surface area contributed by atoms with Gasteiger partial charge in [-0.15, -0.1) is 0 Å². The SMILES string of the molecule is Cc1ccc(C(C)(C)C)cc1CC(N)C(N)=O. The monoisotopic (exact) mass is 234 g/mol. The standard InChI is InChI=1S/C14H22N2O/c1-9-5-6-11(14(2,3)4)7-10(9)8-12(15)13(16)17/h5-7,12H,8,15H2,1-4H3,(H2,16,17). The van der Waals surface area contributed by atoms with Gasteiger partial charge in [0.25, 0.3) is 0 Å². The number of benzene rings is 1. The van der Waals surface area contributed by atoms with Crippen LogP contribution in [0.3, 0.4) is 0 Å². The van der Waals surface area contributed by atoms with Gasteiger partial charge in [-0.05, 0) is 35.4 Å². The van der Waals surface area contributed by atoms with E-state index in [0.717, 1.165) is 11.1 Å². The van der Waals surface area contributed by atoms with Gasteiger partial charge in [-0.1, -0.05) is 39.0 Å². The molecule has 0 bridgehead atoms. The number of aryl methyl sites for hydroxylation is 1. The van der Waals surface area contributed by atoms with E-state index in [1.165, 1.54) is 5.56 Å². The molecule has 1 amide bonds. The van der Waals surface area contributed by atoms with Crippen molar-refractivity contribution in [2.75, 3.05) is 0 Å². The lowest BCUT2D eigenvalue weighted by atomic mass is 9.84. The minimum atomic E-state index is -0.607. The summed E-state index contributed by atoms with van der Waals surface area (Å²) in [4.78, 5) is 11.0. The summed E-state index contributed by atoms with van der Waals surface area (Å²) in [5.74, 6) is -0.453. The van der Waals surface area contributed by atoms with Crippen molar-refractivity contribution in [1.29, 1.82) is 0 Å². The molecule has 0 aromatic heterocycles. The van der Waals surface area contributed by atoms with Crippen molar-refractivity contribution < 1.29 is 4.79 Å². The summed E-state index contributed by atoms with van der Waals surface area (Å²) in [7, 11) is 0. The lowest BCUT2D eigenvalue weighted by Gasteiger charge is -2.21. The van der Waals surface area contributed by atoms with E-state index in [4.69, 9.17) is 11.5 Å². The molecular formula is C14H22N2O. The van der Waals surface area contributed by atoms with Crippen LogP contribution in [0, 0.1) is 6.92 Å². The summed E-state index contributed by atoms with van der Waals surface area (Å²) in [6.07, 6.45) is 0.505. The first-order valence-electron chi connectivity index (χ1n) is 5.86. The Morgan fingerprint density at radius 3 is 2.41 bits per heavy atom. The Labute approximate surface area is 103 Å². The highest BCUT2D eigenvalue weighted by molar-refractivity contribution is 5.79. The van der Waals surface area contributed by atoms with E-state index in [1.54, 1.807) is 0 Å². The average molecular weight is 234 g/mol. The van der Waals surface area contributed by atoms with Crippen LogP contribution in [0.4, 0.5) is 0 Å². The lowest BCUT2D eigenvalue weighted by molar-refractivity contribution is -0.119. The number of amides is 1. The molecule has 0 aliphatic carbocycles. The molecule has 0 saturated heterocycles. The number of rotatable bonds is 3. The van der Waals surface area contributed by atoms with Crippen molar-refractivity contribution >= 4 is 5.91 Å². The zero-order valence-electron chi connectivity index (χ0n) is 11.1. The maximum atomic E-state index is 11.0. The smallest absolute Gasteiger partial charge is 0.234 e. The van der Waals surface area contributed by atoms with Gasteiger partial charge in [0.1, 0.15) is 0 Å². The van der Waals surface area contributed by atoms with Crippen LogP contribution in [0.2, 0.25) is 0 Å². The third kappa shape index (κ3) is 3.56. The normalized spacial score (nSPS) is 13.5. The van der Waals surface area contributed by atoms with Crippen LogP contribution >= 0.6 is 0 Å². The first-order chi connectivity index (χ1) is 7.71. The Morgan fingerprint density at radius 2 is 1.94 bits per heavy atom. The molecule has 1 atom stereocenters. The van der Waals surface area contributed by atoms with Crippen LogP contribution in [0.1, 0.15) is 37.5 Å². The predicted octanol–water partition coefficient (Wildman–Crippen LogP) is 1.65. The number of carbonyl (C=O) groups is 1. The summed E-state index contributed by atoms with van der Waals surface area (Å²) in [6, 6.07) is 5.71. The van der Waals surface area contributed by atoms with E-state index < -0.39 is 11.9 Å². The number of carbonyl (C=O) groups excluding carboxylic acids is 1. The Bertz CT molecular complexity index is 419. The molecule has 0 aliphatic heterocycles. The fourth-order valence-corrected chi connectivity index (χ4v) is 1.70. The topological polar surface area (TPSA) is 69.1 Å². The van der Waals surface area contributed by atoms with Crippen molar-refractivity contribution in [3.63, 3.8) is 0 Å². The largest absolute Gasteiger partial charge is 0.368 e. The summed E-state index contributed by atoms with van der Waals surface area (Å²) >= 11 is 0. The molecule has 0 heterocycles. The fraction of sp³-hybridized carbons (Fsp3) is 0.500. The Kier molecular flexibility index (Phi) is 3.94. The van der Waals surface area contributed by atoms with Gasteiger partial charge >= 0.3 is 0 Å². The predicted molar refractivity (Wildman–Crippen MR) is 70.8 cm³/mol. The molecule has 1 aromatic rings. The lowest BCUT2D eigenvalue weighted by Crippen LogP contribution is -2.38. The summed E-state index contributed by atoms with van der Waals surface area (Å²) in [5.41, 5.74) is 14.5. The highest BCUT2D eigenvalue weighted by atomic mass is 16.1. The van der Waals surface area contributed by atoms with Crippen LogP contribution < -0.4 is 11.5 Å². The molecule has 17 heavy (non-hydrogen) atoms. The minimum Gasteiger partial charge on any atom is -0.368 e. The Hall–Kier alpha value is -1.35. The molecule has 1 unspecified atom stereocenters. The molecule has 94 valence electrons. The molecule has 1 rings (SSSR count). The van der Waals surface area contributed by atoms with Crippen molar-refractivity contribution in [2.45, 2.75) is 45.6 Å². The van der Waals surface area contributed by atoms with E-state index in [0.29, 0.717) is 6.42 Å². The molecule has 1 aromatic carbocycles. The van der Waals surface area contributed by atoms with Crippen LogP contribution in [0.5, 0.6) is 0 Å². The van der Waals surface area contributed by atoms with E-state index in [9.17, 15) is 4.79 Å². The second-order valence-electron chi connectivity index (χ2n) is 5.60. The summed E-state index contributed by atoms with van der Waals surface area (Å²) in [6.45, 7) is 8.51. The molecule has 3 heteroatoms. The minimum absolute atomic E-state index is 0.0965. The van der Waals surface area contributed by atoms with E-state index in [-0.39, 0.29) is 5.41 Å². The number of hydrogen-bond donors (Lipinski definition) is 2. The Balaban J connectivity index is 3.03. The highest BCUT2D eigenvalue weighted by Gasteiger charge is 2.17. The second kappa shape index (κ2) is 4.88. The van der Waals surface area contributed by atoms with Gasteiger partial charge in [0.2, 0.25) is 5.91 Å². The van der Waals surface area contributed by atoms with Gasteiger partial charge in [-0.2, -0.15) is 0 Å². The molecule has 0 fully saturated rings. The van der Waals surface area contributed by atoms with Gasteiger partial charge in [-0.25, -0.2) is 0 Å². The summed E-state index contributed by atoms with van der Waals surface area (Å²) < 4.78 is 0. The quantitative estimate of drug-likeness (QED) is 0.835. The molecule has 0 saturated carbocycles. The van der Waals surface area contributed by atoms with Crippen LogP contribution in [-0.2, 0) is 16.6 Å². The van der Waals surface area contributed by atoms with E-state index >= 15 is 0 Å². The van der Waals surface area contributed by atoms with Crippen molar-refractivity contribution in [2.24, 2.45) is 11.5 Å². The van der Waals surface area contributed by atoms with Gasteiger partial charge in [0.15, 0.2) is 0 Å². The highest BCUT2D eigenvalue weighted by Crippen LogP contribution is 2.24. The van der Waals surface area contributed by atoms with E-state index in [1.807, 2.05) is 6.92 Å². The van der Waals surface area contributed by atoms with Crippen LogP contribution in [-0.4, -0.2) is 11.9 Å². The maximum Gasteiger partial charge on any atom is 0.234 e. The first-order valence-corrected chi connectivity index (χ1v) is 5.86. The molecule has 0 radical (unpaired) electrons. The third-order valence-electron chi connectivity index (χ3n) is 3.02. The van der Waals surface area contributed by atoms with Crippen LogP contribution in [0.25, 0.3) is 0 Å². The molecule has 0 spiro atoms. The first kappa shape index (κ1) is 13.7. The van der Waals surface area contributed by atoms with Crippen molar-refractivity contribution in [1.82, 2.24) is 0 Å². The fourth-order valence-electron chi connectivity index (χ4n) is 1.70. The van der Waals surface area contributed by atoms with Gasteiger partial charge in [0.05, 0.1) is 6.04 Å². The Morgan fingerprint density at radius 1 is 1.35 bits per heavy atom. The second-order valence-corrected chi connectivity index (χ2v) is 5.60. The number of primary amides is 1. The van der Waals surface area contributed by atoms with Crippen LogP contribution in [0.15, 0.2) is 18.2 Å². The van der Waals surface area contributed by atoms with Crippen molar-refractivity contribution in [3.05, 3.63) is 34.9 Å².